The van der Waals surface area contributed by atoms with Gasteiger partial charge >= 0.3 is 0 Å². The van der Waals surface area contributed by atoms with Crippen molar-refractivity contribution in [2.75, 3.05) is 0 Å². The molecule has 16 heavy (non-hydrogen) atoms. The second-order valence-electron chi connectivity index (χ2n) is 4.30. The van der Waals surface area contributed by atoms with Gasteiger partial charge < -0.3 is 0 Å². The molecule has 0 aliphatic carbocycles. The summed E-state index contributed by atoms with van der Waals surface area (Å²) in [6, 6.07) is 0. The molecule has 0 radical (unpaired) electrons. The summed E-state index contributed by atoms with van der Waals surface area (Å²) in [5, 5.41) is 4.05. The van der Waals surface area contributed by atoms with Crippen LogP contribution in [0.25, 0.3) is 0 Å². The average Bonchev–Trinajstić information content (AvgIpc) is 2.26. The molecule has 0 atom stereocenters. The first-order chi connectivity index (χ1) is 7.70. The summed E-state index contributed by atoms with van der Waals surface area (Å²) in [7, 11) is 0. The highest BCUT2D eigenvalue weighted by atomic mass is 16.2. The fourth-order valence-corrected chi connectivity index (χ4v) is 1.52. The molecule has 1 N–H and O–H groups in total. The summed E-state index contributed by atoms with van der Waals surface area (Å²) >= 11 is 0. The maximum Gasteiger partial charge on any atom is 0.240 e. The third kappa shape index (κ3) is 9.69. The maximum absolute atomic E-state index is 11.4. The van der Waals surface area contributed by atoms with Crippen LogP contribution in [0.5, 0.6) is 0 Å². The Balaban J connectivity index is 3.47. The van der Waals surface area contributed by atoms with E-state index in [9.17, 15) is 4.79 Å². The van der Waals surface area contributed by atoms with E-state index in [2.05, 4.69) is 24.4 Å². The lowest BCUT2D eigenvalue weighted by molar-refractivity contribution is -0.121. The van der Waals surface area contributed by atoms with Gasteiger partial charge in [0.25, 0.3) is 0 Å². The maximum atomic E-state index is 11.4. The van der Waals surface area contributed by atoms with Crippen molar-refractivity contribution in [3.05, 3.63) is 0 Å². The first-order valence-corrected chi connectivity index (χ1v) is 6.52. The highest BCUT2D eigenvalue weighted by Crippen LogP contribution is 2.04. The summed E-state index contributed by atoms with van der Waals surface area (Å²) in [4.78, 5) is 11.4. The standard InChI is InChI=1S/C13H26N2O/c1-4-6-7-8-9-11-13(16)15-14-12(3)10-5-2/h4-11H2,1-3H3,(H,15,16). The van der Waals surface area contributed by atoms with Gasteiger partial charge in [-0.2, -0.15) is 5.10 Å². The van der Waals surface area contributed by atoms with Crippen molar-refractivity contribution in [1.82, 2.24) is 5.43 Å². The van der Waals surface area contributed by atoms with E-state index in [1.807, 2.05) is 6.92 Å². The van der Waals surface area contributed by atoms with Crippen LogP contribution >= 0.6 is 0 Å². The van der Waals surface area contributed by atoms with Gasteiger partial charge in [0.15, 0.2) is 0 Å². The number of carbonyl (C=O) groups is 1. The fourth-order valence-electron chi connectivity index (χ4n) is 1.52. The topological polar surface area (TPSA) is 41.5 Å². The number of carbonyl (C=O) groups excluding carboxylic acids is 1. The molecule has 0 aromatic heterocycles. The zero-order valence-electron chi connectivity index (χ0n) is 11.0. The summed E-state index contributed by atoms with van der Waals surface area (Å²) < 4.78 is 0. The van der Waals surface area contributed by atoms with Gasteiger partial charge in [-0.25, -0.2) is 5.43 Å². The van der Waals surface area contributed by atoms with E-state index in [1.54, 1.807) is 0 Å². The third-order valence-electron chi connectivity index (χ3n) is 2.49. The molecular weight excluding hydrogens is 200 g/mol. The largest absolute Gasteiger partial charge is 0.273 e. The van der Waals surface area contributed by atoms with Gasteiger partial charge in [0.1, 0.15) is 0 Å². The molecule has 0 spiro atoms. The number of rotatable bonds is 9. The molecule has 94 valence electrons. The molecule has 3 nitrogen and oxygen atoms in total. The van der Waals surface area contributed by atoms with Crippen LogP contribution in [0.3, 0.4) is 0 Å². The van der Waals surface area contributed by atoms with Gasteiger partial charge in [0, 0.05) is 12.1 Å². The highest BCUT2D eigenvalue weighted by molar-refractivity contribution is 5.84. The molecule has 3 heteroatoms. The van der Waals surface area contributed by atoms with Gasteiger partial charge in [-0.3, -0.25) is 4.79 Å². The Kier molecular flexibility index (Phi) is 10.1. The molecule has 0 heterocycles. The lowest BCUT2D eigenvalue weighted by Gasteiger charge is -2.01. The zero-order valence-corrected chi connectivity index (χ0v) is 11.0. The van der Waals surface area contributed by atoms with Crippen molar-refractivity contribution in [2.45, 2.75) is 72.1 Å². The van der Waals surface area contributed by atoms with Gasteiger partial charge in [-0.15, -0.1) is 0 Å². The Hall–Kier alpha value is -0.860. The van der Waals surface area contributed by atoms with Gasteiger partial charge in [-0.05, 0) is 19.8 Å². The van der Waals surface area contributed by atoms with Crippen LogP contribution in [0.1, 0.15) is 72.1 Å². The van der Waals surface area contributed by atoms with Crippen molar-refractivity contribution in [1.29, 1.82) is 0 Å². The van der Waals surface area contributed by atoms with E-state index < -0.39 is 0 Å². The molecule has 1 amide bonds. The lowest BCUT2D eigenvalue weighted by atomic mass is 10.1. The molecule has 0 aromatic carbocycles. The summed E-state index contributed by atoms with van der Waals surface area (Å²) in [5.41, 5.74) is 3.61. The Morgan fingerprint density at radius 1 is 1.00 bits per heavy atom. The van der Waals surface area contributed by atoms with Gasteiger partial charge in [0.05, 0.1) is 0 Å². The summed E-state index contributed by atoms with van der Waals surface area (Å²) in [5.74, 6) is 0.0481. The normalized spacial score (nSPS) is 11.6. The second-order valence-corrected chi connectivity index (χ2v) is 4.30. The van der Waals surface area contributed by atoms with Crippen molar-refractivity contribution in [2.24, 2.45) is 5.10 Å². The molecule has 0 aromatic rings. The van der Waals surface area contributed by atoms with Crippen LogP contribution in [0.2, 0.25) is 0 Å². The van der Waals surface area contributed by atoms with Crippen LogP contribution in [0.15, 0.2) is 5.10 Å². The number of unbranched alkanes of at least 4 members (excludes halogenated alkanes) is 4. The SMILES string of the molecule is CCCCCCCC(=O)NN=C(C)CCC. The Morgan fingerprint density at radius 3 is 2.31 bits per heavy atom. The Labute approximate surface area is 99.7 Å². The highest BCUT2D eigenvalue weighted by Gasteiger charge is 1.99. The number of amides is 1. The van der Waals surface area contributed by atoms with E-state index in [-0.39, 0.29) is 5.91 Å². The van der Waals surface area contributed by atoms with E-state index in [4.69, 9.17) is 0 Å². The minimum atomic E-state index is 0.0481. The minimum absolute atomic E-state index is 0.0481. The first kappa shape index (κ1) is 15.1. The number of hydrazone groups is 1. The van der Waals surface area contributed by atoms with Crippen molar-refractivity contribution < 1.29 is 4.79 Å². The van der Waals surface area contributed by atoms with Crippen molar-refractivity contribution in [3.63, 3.8) is 0 Å². The smallest absolute Gasteiger partial charge is 0.240 e. The number of nitrogens with one attached hydrogen (secondary N) is 1. The molecule has 0 bridgehead atoms. The van der Waals surface area contributed by atoms with E-state index in [1.165, 1.54) is 19.3 Å². The average molecular weight is 226 g/mol. The lowest BCUT2D eigenvalue weighted by Crippen LogP contribution is -2.18. The molecule has 0 unspecified atom stereocenters. The number of hydrogen-bond acceptors (Lipinski definition) is 2. The monoisotopic (exact) mass is 226 g/mol. The molecule has 0 aliphatic rings. The molecule has 0 saturated carbocycles. The number of nitrogens with zero attached hydrogens (tertiary/aromatic N) is 1. The van der Waals surface area contributed by atoms with Crippen LogP contribution in [0, 0.1) is 0 Å². The molecule has 0 fully saturated rings. The van der Waals surface area contributed by atoms with Crippen LogP contribution < -0.4 is 5.43 Å². The molecule has 0 saturated heterocycles. The fraction of sp³-hybridized carbons (Fsp3) is 0.846. The van der Waals surface area contributed by atoms with Crippen LogP contribution in [-0.4, -0.2) is 11.6 Å². The third-order valence-corrected chi connectivity index (χ3v) is 2.49. The predicted octanol–water partition coefficient (Wildman–Crippen LogP) is 3.64. The van der Waals surface area contributed by atoms with Crippen LogP contribution in [0.4, 0.5) is 0 Å². The van der Waals surface area contributed by atoms with Gasteiger partial charge in [0.2, 0.25) is 5.91 Å². The second kappa shape index (κ2) is 10.7. The molecular formula is C13H26N2O. The quantitative estimate of drug-likeness (QED) is 0.364. The van der Waals surface area contributed by atoms with Crippen molar-refractivity contribution >= 4 is 11.6 Å². The molecule has 0 aliphatic heterocycles. The van der Waals surface area contributed by atoms with E-state index in [0.29, 0.717) is 6.42 Å². The van der Waals surface area contributed by atoms with Gasteiger partial charge in [-0.1, -0.05) is 46.0 Å². The first-order valence-electron chi connectivity index (χ1n) is 6.52. The Morgan fingerprint density at radius 2 is 1.69 bits per heavy atom. The van der Waals surface area contributed by atoms with Crippen LogP contribution in [-0.2, 0) is 4.79 Å². The van der Waals surface area contributed by atoms with E-state index in [0.717, 1.165) is 31.4 Å². The molecule has 0 rings (SSSR count). The number of hydrogen-bond donors (Lipinski definition) is 1. The van der Waals surface area contributed by atoms with Crippen molar-refractivity contribution in [3.8, 4) is 0 Å². The Bertz CT molecular complexity index is 212. The predicted molar refractivity (Wildman–Crippen MR) is 69.5 cm³/mol. The summed E-state index contributed by atoms with van der Waals surface area (Å²) in [6.45, 7) is 6.25. The zero-order chi connectivity index (χ0) is 12.2. The van der Waals surface area contributed by atoms with E-state index >= 15 is 0 Å². The minimum Gasteiger partial charge on any atom is -0.273 e. The summed E-state index contributed by atoms with van der Waals surface area (Å²) in [6.07, 6.45) is 8.52.